The van der Waals surface area contributed by atoms with E-state index in [9.17, 15) is 10.0 Å². The number of amides is 1. The van der Waals surface area contributed by atoms with Crippen LogP contribution in [0.25, 0.3) is 0 Å². The monoisotopic (exact) mass is 295 g/mol. The second-order valence-corrected chi connectivity index (χ2v) is 7.14. The zero-order valence-electron chi connectivity index (χ0n) is 13.3. The first-order valence-corrected chi connectivity index (χ1v) is 8.27. The number of rotatable bonds is 2. The number of hydrogen-bond acceptors (Lipinski definition) is 3. The Morgan fingerprint density at radius 1 is 1.14 bits per heavy atom. The second-order valence-electron chi connectivity index (χ2n) is 7.14. The van der Waals surface area contributed by atoms with E-state index < -0.39 is 5.41 Å². The van der Waals surface area contributed by atoms with E-state index in [0.717, 1.165) is 38.8 Å². The van der Waals surface area contributed by atoms with Crippen molar-refractivity contribution in [1.82, 2.24) is 4.90 Å². The Hall–Kier alpha value is -1.26. The molecule has 0 bridgehead atoms. The van der Waals surface area contributed by atoms with Gasteiger partial charge in [-0.2, -0.15) is 0 Å². The van der Waals surface area contributed by atoms with Crippen molar-refractivity contribution in [3.05, 3.63) is 0 Å². The van der Waals surface area contributed by atoms with Gasteiger partial charge in [0, 0.05) is 13.1 Å². The lowest BCUT2D eigenvalue weighted by Gasteiger charge is -2.41. The van der Waals surface area contributed by atoms with Gasteiger partial charge in [-0.3, -0.25) is 4.79 Å². The molecule has 2 unspecified atom stereocenters. The summed E-state index contributed by atoms with van der Waals surface area (Å²) in [4.78, 5) is 15.1. The molecule has 0 aromatic carbocycles. The molecule has 0 aromatic heterocycles. The number of piperidine rings is 1. The third-order valence-electron chi connectivity index (χ3n) is 5.12. The van der Waals surface area contributed by atoms with Crippen molar-refractivity contribution in [2.45, 2.75) is 58.8 Å². The highest BCUT2D eigenvalue weighted by molar-refractivity contribution is 6.06. The number of carbonyl (C=O) groups is 1. The minimum atomic E-state index is -0.776. The number of hydrogen-bond donors (Lipinski definition) is 2. The Morgan fingerprint density at radius 3 is 2.14 bits per heavy atom. The Bertz CT molecular complexity index is 390. The van der Waals surface area contributed by atoms with Crippen LogP contribution >= 0.6 is 0 Å². The van der Waals surface area contributed by atoms with E-state index in [1.54, 1.807) is 0 Å². The van der Waals surface area contributed by atoms with Crippen molar-refractivity contribution in [2.75, 3.05) is 13.1 Å². The van der Waals surface area contributed by atoms with Crippen LogP contribution in [-0.2, 0) is 4.79 Å². The maximum atomic E-state index is 13.2. The molecule has 2 rings (SSSR count). The third kappa shape index (κ3) is 3.33. The Kier molecular flexibility index (Phi) is 5.12. The molecule has 3 N–H and O–H groups in total. The first kappa shape index (κ1) is 16.1. The maximum Gasteiger partial charge on any atom is 0.236 e. The summed E-state index contributed by atoms with van der Waals surface area (Å²) in [5, 5.41) is 12.4. The fourth-order valence-electron chi connectivity index (χ4n) is 4.14. The summed E-state index contributed by atoms with van der Waals surface area (Å²) in [6, 6.07) is 0. The van der Waals surface area contributed by atoms with E-state index in [4.69, 9.17) is 5.73 Å². The number of nitrogens with zero attached hydrogens (tertiary/aromatic N) is 2. The quantitative estimate of drug-likeness (QED) is 0.270. The Morgan fingerprint density at radius 2 is 1.67 bits per heavy atom. The van der Waals surface area contributed by atoms with Crippen molar-refractivity contribution < 1.29 is 10.0 Å². The lowest BCUT2D eigenvalue weighted by molar-refractivity contribution is -0.142. The smallest absolute Gasteiger partial charge is 0.236 e. The molecule has 1 saturated carbocycles. The molecular formula is C16H29N3O2. The summed E-state index contributed by atoms with van der Waals surface area (Å²) in [7, 11) is 0. The second kappa shape index (κ2) is 6.67. The molecular weight excluding hydrogens is 266 g/mol. The minimum absolute atomic E-state index is 0.0816. The highest BCUT2D eigenvalue weighted by Gasteiger charge is 2.46. The van der Waals surface area contributed by atoms with Gasteiger partial charge in [0.05, 0.1) is 0 Å². The molecule has 1 heterocycles. The van der Waals surface area contributed by atoms with Gasteiger partial charge in [0.1, 0.15) is 5.41 Å². The number of nitrogens with two attached hydrogens (primary N) is 1. The molecule has 1 aliphatic carbocycles. The molecule has 1 amide bonds. The zero-order chi connectivity index (χ0) is 15.5. The zero-order valence-corrected chi connectivity index (χ0v) is 13.3. The Balaban J connectivity index is 2.25. The first-order chi connectivity index (χ1) is 9.99. The van der Waals surface area contributed by atoms with Crippen molar-refractivity contribution >= 4 is 11.7 Å². The molecule has 1 saturated heterocycles. The van der Waals surface area contributed by atoms with Crippen LogP contribution in [0, 0.1) is 17.3 Å². The van der Waals surface area contributed by atoms with Crippen LogP contribution in [0.4, 0.5) is 0 Å². The van der Waals surface area contributed by atoms with E-state index in [2.05, 4.69) is 19.0 Å². The molecule has 2 atom stereocenters. The summed E-state index contributed by atoms with van der Waals surface area (Å²) < 4.78 is 0. The lowest BCUT2D eigenvalue weighted by Crippen LogP contribution is -2.54. The standard InChI is InChI=1S/C16H29N3O2/c1-12-9-13(2)11-19(10-12)15(20)16(14(17)18-21)7-5-3-4-6-8-16/h12-13,21H,3-11H2,1-2H3,(H2,17,18). The van der Waals surface area contributed by atoms with Gasteiger partial charge < -0.3 is 15.8 Å². The van der Waals surface area contributed by atoms with E-state index >= 15 is 0 Å². The molecule has 5 heteroatoms. The summed E-state index contributed by atoms with van der Waals surface area (Å²) in [6.45, 7) is 5.98. The van der Waals surface area contributed by atoms with E-state index in [1.807, 2.05) is 4.90 Å². The van der Waals surface area contributed by atoms with Gasteiger partial charge in [-0.05, 0) is 31.1 Å². The summed E-state index contributed by atoms with van der Waals surface area (Å²) in [6.07, 6.45) is 6.78. The van der Waals surface area contributed by atoms with E-state index in [-0.39, 0.29) is 11.7 Å². The largest absolute Gasteiger partial charge is 0.409 e. The first-order valence-electron chi connectivity index (χ1n) is 8.27. The van der Waals surface area contributed by atoms with Gasteiger partial charge >= 0.3 is 0 Å². The van der Waals surface area contributed by atoms with Gasteiger partial charge in [-0.15, -0.1) is 0 Å². The predicted molar refractivity (Wildman–Crippen MR) is 83.1 cm³/mol. The van der Waals surface area contributed by atoms with Gasteiger partial charge in [-0.1, -0.05) is 44.7 Å². The Labute approximate surface area is 127 Å². The maximum absolute atomic E-state index is 13.2. The van der Waals surface area contributed by atoms with Gasteiger partial charge in [0.25, 0.3) is 0 Å². The fourth-order valence-corrected chi connectivity index (χ4v) is 4.14. The van der Waals surface area contributed by atoms with Crippen molar-refractivity contribution in [3.8, 4) is 0 Å². The van der Waals surface area contributed by atoms with Crippen molar-refractivity contribution in [2.24, 2.45) is 28.1 Å². The van der Waals surface area contributed by atoms with Gasteiger partial charge in [-0.25, -0.2) is 0 Å². The van der Waals surface area contributed by atoms with Crippen LogP contribution in [0.3, 0.4) is 0 Å². The van der Waals surface area contributed by atoms with Crippen LogP contribution in [0.1, 0.15) is 58.8 Å². The summed E-state index contributed by atoms with van der Waals surface area (Å²) in [5.41, 5.74) is 5.21. The molecule has 21 heavy (non-hydrogen) atoms. The van der Waals surface area contributed by atoms with Crippen LogP contribution in [0.5, 0.6) is 0 Å². The lowest BCUT2D eigenvalue weighted by atomic mass is 9.76. The molecule has 0 radical (unpaired) electrons. The minimum Gasteiger partial charge on any atom is -0.409 e. The average molecular weight is 295 g/mol. The number of amidine groups is 1. The highest BCUT2D eigenvalue weighted by Crippen LogP contribution is 2.38. The summed E-state index contributed by atoms with van der Waals surface area (Å²) >= 11 is 0. The molecule has 120 valence electrons. The summed E-state index contributed by atoms with van der Waals surface area (Å²) in [5.74, 6) is 1.24. The molecule has 0 aromatic rings. The average Bonchev–Trinajstić information content (AvgIpc) is 2.71. The third-order valence-corrected chi connectivity index (χ3v) is 5.12. The topological polar surface area (TPSA) is 78.9 Å². The number of likely N-dealkylation sites (tertiary alicyclic amines) is 1. The molecule has 2 aliphatic rings. The van der Waals surface area contributed by atoms with Gasteiger partial charge in [0.15, 0.2) is 5.84 Å². The fraction of sp³-hybridized carbons (Fsp3) is 0.875. The van der Waals surface area contributed by atoms with Crippen LogP contribution in [-0.4, -0.2) is 34.9 Å². The van der Waals surface area contributed by atoms with Crippen molar-refractivity contribution in [3.63, 3.8) is 0 Å². The highest BCUT2D eigenvalue weighted by atomic mass is 16.4. The van der Waals surface area contributed by atoms with E-state index in [1.165, 1.54) is 6.42 Å². The van der Waals surface area contributed by atoms with Crippen LogP contribution in [0.15, 0.2) is 5.16 Å². The number of oxime groups is 1. The normalized spacial score (nSPS) is 30.8. The molecule has 0 spiro atoms. The predicted octanol–water partition coefficient (Wildman–Crippen LogP) is 2.58. The van der Waals surface area contributed by atoms with Gasteiger partial charge in [0.2, 0.25) is 5.91 Å². The van der Waals surface area contributed by atoms with Crippen LogP contribution < -0.4 is 5.73 Å². The van der Waals surface area contributed by atoms with Crippen molar-refractivity contribution in [1.29, 1.82) is 0 Å². The molecule has 5 nitrogen and oxygen atoms in total. The molecule has 1 aliphatic heterocycles. The van der Waals surface area contributed by atoms with Crippen LogP contribution in [0.2, 0.25) is 0 Å². The molecule has 2 fully saturated rings. The SMILES string of the molecule is CC1CC(C)CN(C(=O)C2(C(N)=NO)CCCCCC2)C1. The number of carbonyl (C=O) groups excluding carboxylic acids is 1. The van der Waals surface area contributed by atoms with E-state index in [0.29, 0.717) is 24.7 Å².